The predicted molar refractivity (Wildman–Crippen MR) is 119 cm³/mol. The second-order valence-corrected chi connectivity index (χ2v) is 7.55. The third-order valence-electron chi connectivity index (χ3n) is 5.51. The van der Waals surface area contributed by atoms with Crippen molar-refractivity contribution in [3.8, 4) is 11.5 Å². The zero-order valence-electron chi connectivity index (χ0n) is 17.1. The summed E-state index contributed by atoms with van der Waals surface area (Å²) in [5, 5.41) is 6.53. The minimum atomic E-state index is -0.199. The highest BCUT2D eigenvalue weighted by atomic mass is 16.6. The lowest BCUT2D eigenvalue weighted by Crippen LogP contribution is -2.46. The Hall–Kier alpha value is -3.58. The standard InChI is InChI=1S/C24H24N4O3/c29-24(27-18-8-9-21-22(15-18)31-14-13-30-21)19-7-4-10-26-23(19)28-12-11-25-20(16-28)17-5-2-1-3-6-17/h1-10,15,20,25H,11-14,16H2,(H,27,29). The van der Waals surface area contributed by atoms with E-state index in [0.29, 0.717) is 41.8 Å². The summed E-state index contributed by atoms with van der Waals surface area (Å²) in [5.74, 6) is 1.83. The van der Waals surface area contributed by atoms with Crippen molar-refractivity contribution in [2.75, 3.05) is 43.1 Å². The minimum absolute atomic E-state index is 0.186. The lowest BCUT2D eigenvalue weighted by molar-refractivity contribution is 0.102. The predicted octanol–water partition coefficient (Wildman–Crippen LogP) is 3.26. The number of carbonyl (C=O) groups is 1. The SMILES string of the molecule is O=C(Nc1ccc2c(c1)OCCO2)c1cccnc1N1CCNC(c2ccccc2)C1. The van der Waals surface area contributed by atoms with Gasteiger partial charge in [-0.15, -0.1) is 0 Å². The van der Waals surface area contributed by atoms with Crippen LogP contribution in [0.4, 0.5) is 11.5 Å². The molecule has 1 unspecified atom stereocenters. The third kappa shape index (κ3) is 4.18. The first-order chi connectivity index (χ1) is 15.3. The van der Waals surface area contributed by atoms with E-state index in [1.54, 1.807) is 18.3 Å². The quantitative estimate of drug-likeness (QED) is 0.680. The molecule has 7 heteroatoms. The van der Waals surface area contributed by atoms with Crippen LogP contribution in [0.25, 0.3) is 0 Å². The van der Waals surface area contributed by atoms with Gasteiger partial charge in [0, 0.05) is 43.6 Å². The van der Waals surface area contributed by atoms with Gasteiger partial charge in [-0.2, -0.15) is 0 Å². The molecule has 1 fully saturated rings. The first-order valence-electron chi connectivity index (χ1n) is 10.5. The van der Waals surface area contributed by atoms with E-state index in [2.05, 4.69) is 32.7 Å². The van der Waals surface area contributed by atoms with E-state index < -0.39 is 0 Å². The number of hydrogen-bond acceptors (Lipinski definition) is 6. The highest BCUT2D eigenvalue weighted by Crippen LogP contribution is 2.33. The number of nitrogens with one attached hydrogen (secondary N) is 2. The molecule has 0 bridgehead atoms. The van der Waals surface area contributed by atoms with Crippen molar-refractivity contribution in [3.63, 3.8) is 0 Å². The second kappa shape index (κ2) is 8.65. The molecule has 158 valence electrons. The Morgan fingerprint density at radius 3 is 2.74 bits per heavy atom. The van der Waals surface area contributed by atoms with Crippen molar-refractivity contribution in [3.05, 3.63) is 78.0 Å². The number of carbonyl (C=O) groups excluding carboxylic acids is 1. The average Bonchev–Trinajstić information content (AvgIpc) is 2.84. The van der Waals surface area contributed by atoms with Crippen LogP contribution in [-0.2, 0) is 0 Å². The van der Waals surface area contributed by atoms with Gasteiger partial charge in [0.2, 0.25) is 0 Å². The van der Waals surface area contributed by atoms with Gasteiger partial charge >= 0.3 is 0 Å². The smallest absolute Gasteiger partial charge is 0.259 e. The van der Waals surface area contributed by atoms with Gasteiger partial charge in [-0.1, -0.05) is 30.3 Å². The number of hydrogen-bond donors (Lipinski definition) is 2. The molecule has 0 aliphatic carbocycles. The Bertz CT molecular complexity index is 1070. The zero-order valence-corrected chi connectivity index (χ0v) is 17.1. The van der Waals surface area contributed by atoms with Crippen molar-refractivity contribution < 1.29 is 14.3 Å². The maximum atomic E-state index is 13.1. The summed E-state index contributed by atoms with van der Waals surface area (Å²) in [6, 6.07) is 19.6. The molecule has 2 aliphatic heterocycles. The van der Waals surface area contributed by atoms with Gasteiger partial charge in [0.1, 0.15) is 19.0 Å². The van der Waals surface area contributed by atoms with E-state index in [1.807, 2.05) is 36.4 Å². The highest BCUT2D eigenvalue weighted by Gasteiger charge is 2.25. The van der Waals surface area contributed by atoms with E-state index in [1.165, 1.54) is 5.56 Å². The molecule has 1 aromatic heterocycles. The maximum Gasteiger partial charge on any atom is 0.259 e. The van der Waals surface area contributed by atoms with Crippen molar-refractivity contribution in [1.29, 1.82) is 0 Å². The van der Waals surface area contributed by atoms with Crippen LogP contribution in [0, 0.1) is 0 Å². The van der Waals surface area contributed by atoms with Crippen molar-refractivity contribution in [2.45, 2.75) is 6.04 Å². The number of aromatic nitrogens is 1. The second-order valence-electron chi connectivity index (χ2n) is 7.55. The summed E-state index contributed by atoms with van der Waals surface area (Å²) in [6.07, 6.45) is 1.73. The average molecular weight is 416 g/mol. The fourth-order valence-corrected chi connectivity index (χ4v) is 4.00. The minimum Gasteiger partial charge on any atom is -0.486 e. The molecule has 7 nitrogen and oxygen atoms in total. The number of nitrogens with zero attached hydrogens (tertiary/aromatic N) is 2. The number of amides is 1. The summed E-state index contributed by atoms with van der Waals surface area (Å²) < 4.78 is 11.2. The Kier molecular flexibility index (Phi) is 5.41. The van der Waals surface area contributed by atoms with Crippen LogP contribution >= 0.6 is 0 Å². The van der Waals surface area contributed by atoms with Crippen LogP contribution in [0.2, 0.25) is 0 Å². The molecule has 5 rings (SSSR count). The molecular weight excluding hydrogens is 392 g/mol. The lowest BCUT2D eigenvalue weighted by atomic mass is 10.0. The van der Waals surface area contributed by atoms with Crippen molar-refractivity contribution in [1.82, 2.24) is 10.3 Å². The van der Waals surface area contributed by atoms with Gasteiger partial charge in [-0.05, 0) is 29.8 Å². The molecule has 1 saturated heterocycles. The van der Waals surface area contributed by atoms with Crippen molar-refractivity contribution >= 4 is 17.4 Å². The number of pyridine rings is 1. The molecule has 3 aromatic rings. The first kappa shape index (κ1) is 19.4. The Morgan fingerprint density at radius 2 is 1.87 bits per heavy atom. The summed E-state index contributed by atoms with van der Waals surface area (Å²) in [5.41, 5.74) is 2.43. The Balaban J connectivity index is 1.36. The molecule has 1 atom stereocenters. The molecule has 2 N–H and O–H groups in total. The largest absolute Gasteiger partial charge is 0.486 e. The van der Waals surface area contributed by atoms with E-state index in [4.69, 9.17) is 9.47 Å². The zero-order chi connectivity index (χ0) is 21.0. The molecule has 0 spiro atoms. The van der Waals surface area contributed by atoms with E-state index >= 15 is 0 Å². The van der Waals surface area contributed by atoms with Crippen LogP contribution < -0.4 is 25.0 Å². The summed E-state index contributed by atoms with van der Waals surface area (Å²) >= 11 is 0. The number of ether oxygens (including phenoxy) is 2. The van der Waals surface area contributed by atoms with Gasteiger partial charge in [0.25, 0.3) is 5.91 Å². The molecule has 3 heterocycles. The third-order valence-corrected chi connectivity index (χ3v) is 5.51. The van der Waals surface area contributed by atoms with Crippen LogP contribution in [0.3, 0.4) is 0 Å². The van der Waals surface area contributed by atoms with Gasteiger partial charge < -0.3 is 25.0 Å². The molecule has 0 radical (unpaired) electrons. The normalized spacial score (nSPS) is 17.8. The Labute approximate surface area is 181 Å². The molecule has 2 aliphatic rings. The Morgan fingerprint density at radius 1 is 1.03 bits per heavy atom. The lowest BCUT2D eigenvalue weighted by Gasteiger charge is -2.35. The monoisotopic (exact) mass is 416 g/mol. The fourth-order valence-electron chi connectivity index (χ4n) is 4.00. The van der Waals surface area contributed by atoms with E-state index in [9.17, 15) is 4.79 Å². The molecule has 0 saturated carbocycles. The number of piperazine rings is 1. The van der Waals surface area contributed by atoms with Gasteiger partial charge in [0.15, 0.2) is 11.5 Å². The number of anilines is 2. The number of fused-ring (bicyclic) bond motifs is 1. The topological polar surface area (TPSA) is 75.7 Å². The van der Waals surface area contributed by atoms with Gasteiger partial charge in [-0.25, -0.2) is 4.98 Å². The van der Waals surface area contributed by atoms with Crippen LogP contribution in [0.5, 0.6) is 11.5 Å². The van der Waals surface area contributed by atoms with Gasteiger partial charge in [-0.3, -0.25) is 4.79 Å². The highest BCUT2D eigenvalue weighted by molar-refractivity contribution is 6.07. The first-order valence-corrected chi connectivity index (χ1v) is 10.5. The summed E-state index contributed by atoms with van der Waals surface area (Å²) in [4.78, 5) is 19.9. The maximum absolute atomic E-state index is 13.1. The van der Waals surface area contributed by atoms with Crippen LogP contribution in [-0.4, -0.2) is 43.7 Å². The van der Waals surface area contributed by atoms with Crippen LogP contribution in [0.1, 0.15) is 22.0 Å². The van der Waals surface area contributed by atoms with E-state index in [0.717, 1.165) is 19.6 Å². The fraction of sp³-hybridized carbons (Fsp3) is 0.250. The van der Waals surface area contributed by atoms with E-state index in [-0.39, 0.29) is 11.9 Å². The number of benzene rings is 2. The summed E-state index contributed by atoms with van der Waals surface area (Å²) in [7, 11) is 0. The van der Waals surface area contributed by atoms with Crippen LogP contribution in [0.15, 0.2) is 66.9 Å². The van der Waals surface area contributed by atoms with Crippen molar-refractivity contribution in [2.24, 2.45) is 0 Å². The summed E-state index contributed by atoms with van der Waals surface area (Å²) in [6.45, 7) is 3.38. The molecule has 1 amide bonds. The molecule has 31 heavy (non-hydrogen) atoms. The van der Waals surface area contributed by atoms with Gasteiger partial charge in [0.05, 0.1) is 5.56 Å². The number of rotatable bonds is 4. The molecule has 2 aromatic carbocycles. The molecular formula is C24H24N4O3.